The molecular weight excluding hydrogens is 265 g/mol. The molecule has 0 radical (unpaired) electrons. The van der Waals surface area contributed by atoms with E-state index in [-0.39, 0.29) is 5.82 Å². The van der Waals surface area contributed by atoms with Crippen molar-refractivity contribution in [1.29, 1.82) is 0 Å². The maximum atomic E-state index is 14.1. The summed E-state index contributed by atoms with van der Waals surface area (Å²) in [4.78, 5) is 0. The van der Waals surface area contributed by atoms with Crippen molar-refractivity contribution in [2.75, 3.05) is 7.11 Å². The van der Waals surface area contributed by atoms with Crippen molar-refractivity contribution in [1.82, 2.24) is 5.32 Å². The molecule has 0 aliphatic carbocycles. The number of methoxy groups -OCH3 is 1. The summed E-state index contributed by atoms with van der Waals surface area (Å²) in [6.07, 6.45) is 0. The predicted molar refractivity (Wildman–Crippen MR) is 85.1 cm³/mol. The van der Waals surface area contributed by atoms with Crippen LogP contribution in [0.3, 0.4) is 0 Å². The molecule has 0 amide bonds. The summed E-state index contributed by atoms with van der Waals surface area (Å²) in [5, 5.41) is 3.35. The smallest absolute Gasteiger partial charge is 0.131 e. The first-order valence-electron chi connectivity index (χ1n) is 7.18. The summed E-state index contributed by atoms with van der Waals surface area (Å²) in [5.74, 6) is 0.615. The van der Waals surface area contributed by atoms with E-state index in [0.29, 0.717) is 11.6 Å². The molecule has 2 nitrogen and oxygen atoms in total. The fourth-order valence-corrected chi connectivity index (χ4v) is 2.27. The van der Waals surface area contributed by atoms with Gasteiger partial charge in [-0.05, 0) is 47.9 Å². The number of rotatable bonds is 5. The Hall–Kier alpha value is -1.87. The molecule has 0 bridgehead atoms. The first-order chi connectivity index (χ1) is 10.0. The number of nitrogens with one attached hydrogen (secondary N) is 1. The molecule has 0 spiro atoms. The fourth-order valence-electron chi connectivity index (χ4n) is 2.27. The Labute approximate surface area is 126 Å². The van der Waals surface area contributed by atoms with Crippen LogP contribution < -0.4 is 10.1 Å². The van der Waals surface area contributed by atoms with Crippen LogP contribution in [0.5, 0.6) is 5.75 Å². The number of hydrogen-bond acceptors (Lipinski definition) is 2. The highest BCUT2D eigenvalue weighted by atomic mass is 19.1. The molecule has 0 saturated heterocycles. The molecule has 112 valence electrons. The van der Waals surface area contributed by atoms with E-state index in [2.05, 4.69) is 19.2 Å². The second kappa shape index (κ2) is 6.72. The summed E-state index contributed by atoms with van der Waals surface area (Å²) >= 11 is 0. The Morgan fingerprint density at radius 3 is 2.52 bits per heavy atom. The molecule has 2 rings (SSSR count). The Balaban J connectivity index is 2.34. The average Bonchev–Trinajstić information content (AvgIpc) is 2.46. The van der Waals surface area contributed by atoms with Crippen molar-refractivity contribution in [2.24, 2.45) is 0 Å². The van der Waals surface area contributed by atoms with Gasteiger partial charge in [-0.15, -0.1) is 0 Å². The van der Waals surface area contributed by atoms with E-state index in [1.807, 2.05) is 37.3 Å². The van der Waals surface area contributed by atoms with Gasteiger partial charge in [0.1, 0.15) is 11.6 Å². The molecule has 0 aromatic heterocycles. The maximum absolute atomic E-state index is 14.1. The summed E-state index contributed by atoms with van der Waals surface area (Å²) in [7, 11) is 1.64. The van der Waals surface area contributed by atoms with Crippen LogP contribution in [0.15, 0.2) is 36.4 Å². The van der Waals surface area contributed by atoms with Crippen LogP contribution in [0.4, 0.5) is 4.39 Å². The molecular formula is C18H22FNO. The average molecular weight is 287 g/mol. The van der Waals surface area contributed by atoms with Crippen molar-refractivity contribution in [3.05, 3.63) is 53.3 Å². The van der Waals surface area contributed by atoms with Crippen LogP contribution >= 0.6 is 0 Å². The van der Waals surface area contributed by atoms with Gasteiger partial charge >= 0.3 is 0 Å². The van der Waals surface area contributed by atoms with Crippen LogP contribution in [0.1, 0.15) is 25.0 Å². The standard InChI is InChI=1S/C18H22FNO/c1-12(2)20-11-14-5-7-17(19)16(10-14)15-6-8-18(21-4)13(3)9-15/h5-10,12,20H,11H2,1-4H3. The first kappa shape index (κ1) is 15.5. The van der Waals surface area contributed by atoms with Crippen molar-refractivity contribution in [3.8, 4) is 16.9 Å². The molecule has 0 atom stereocenters. The third kappa shape index (κ3) is 3.82. The zero-order valence-corrected chi connectivity index (χ0v) is 13.0. The van der Waals surface area contributed by atoms with Gasteiger partial charge < -0.3 is 10.1 Å². The molecule has 3 heteroatoms. The fraction of sp³-hybridized carbons (Fsp3) is 0.333. The summed E-state index contributed by atoms with van der Waals surface area (Å²) < 4.78 is 19.4. The van der Waals surface area contributed by atoms with Gasteiger partial charge in [-0.1, -0.05) is 26.0 Å². The van der Waals surface area contributed by atoms with Gasteiger partial charge in [-0.2, -0.15) is 0 Å². The minimum absolute atomic E-state index is 0.201. The number of ether oxygens (including phenoxy) is 1. The van der Waals surface area contributed by atoms with Crippen LogP contribution in [0.2, 0.25) is 0 Å². The van der Waals surface area contributed by atoms with E-state index in [1.165, 1.54) is 6.07 Å². The molecule has 2 aromatic rings. The normalized spacial score (nSPS) is 11.0. The number of hydrogen-bond donors (Lipinski definition) is 1. The lowest BCUT2D eigenvalue weighted by molar-refractivity contribution is 0.412. The Morgan fingerprint density at radius 2 is 1.90 bits per heavy atom. The molecule has 0 fully saturated rings. The molecule has 1 N–H and O–H groups in total. The van der Waals surface area contributed by atoms with Crippen LogP contribution in [0.25, 0.3) is 11.1 Å². The van der Waals surface area contributed by atoms with E-state index >= 15 is 0 Å². The van der Waals surface area contributed by atoms with Gasteiger partial charge in [-0.3, -0.25) is 0 Å². The highest BCUT2D eigenvalue weighted by Crippen LogP contribution is 2.28. The van der Waals surface area contributed by atoms with Gasteiger partial charge in [0, 0.05) is 18.2 Å². The third-order valence-electron chi connectivity index (χ3n) is 3.45. The van der Waals surface area contributed by atoms with Gasteiger partial charge in [0.2, 0.25) is 0 Å². The maximum Gasteiger partial charge on any atom is 0.131 e. The molecule has 21 heavy (non-hydrogen) atoms. The van der Waals surface area contributed by atoms with Gasteiger partial charge in [-0.25, -0.2) is 4.39 Å². The predicted octanol–water partition coefficient (Wildman–Crippen LogP) is 4.31. The highest BCUT2D eigenvalue weighted by molar-refractivity contribution is 5.67. The zero-order chi connectivity index (χ0) is 15.4. The SMILES string of the molecule is COc1ccc(-c2cc(CNC(C)C)ccc2F)cc1C. The van der Waals surface area contributed by atoms with E-state index in [4.69, 9.17) is 4.74 Å². The number of halogens is 1. The third-order valence-corrected chi connectivity index (χ3v) is 3.45. The lowest BCUT2D eigenvalue weighted by atomic mass is 10.00. The summed E-state index contributed by atoms with van der Waals surface area (Å²) in [6, 6.07) is 11.4. The van der Waals surface area contributed by atoms with Crippen LogP contribution in [-0.4, -0.2) is 13.2 Å². The van der Waals surface area contributed by atoms with Crippen molar-refractivity contribution >= 4 is 0 Å². The minimum atomic E-state index is -0.201. The molecule has 2 aromatic carbocycles. The van der Waals surface area contributed by atoms with Gasteiger partial charge in [0.05, 0.1) is 7.11 Å². The Morgan fingerprint density at radius 1 is 1.14 bits per heavy atom. The monoisotopic (exact) mass is 287 g/mol. The zero-order valence-electron chi connectivity index (χ0n) is 13.0. The lowest BCUT2D eigenvalue weighted by Gasteiger charge is -2.12. The van der Waals surface area contributed by atoms with Crippen molar-refractivity contribution < 1.29 is 9.13 Å². The minimum Gasteiger partial charge on any atom is -0.496 e. The molecule has 0 heterocycles. The van der Waals surface area contributed by atoms with Crippen LogP contribution in [0, 0.1) is 12.7 Å². The Bertz CT molecular complexity index is 623. The molecule has 0 aliphatic heterocycles. The lowest BCUT2D eigenvalue weighted by Crippen LogP contribution is -2.21. The first-order valence-corrected chi connectivity index (χ1v) is 7.18. The summed E-state index contributed by atoms with van der Waals surface area (Å²) in [5.41, 5.74) is 3.58. The summed E-state index contributed by atoms with van der Waals surface area (Å²) in [6.45, 7) is 6.89. The van der Waals surface area contributed by atoms with E-state index < -0.39 is 0 Å². The molecule has 0 unspecified atom stereocenters. The Kier molecular flexibility index (Phi) is 4.97. The quantitative estimate of drug-likeness (QED) is 0.885. The molecule has 0 saturated carbocycles. The van der Waals surface area contributed by atoms with Crippen molar-refractivity contribution in [3.63, 3.8) is 0 Å². The second-order valence-corrected chi connectivity index (χ2v) is 5.53. The largest absolute Gasteiger partial charge is 0.496 e. The number of aryl methyl sites for hydroxylation is 1. The van der Waals surface area contributed by atoms with E-state index in [1.54, 1.807) is 7.11 Å². The number of benzene rings is 2. The van der Waals surface area contributed by atoms with Gasteiger partial charge in [0.25, 0.3) is 0 Å². The van der Waals surface area contributed by atoms with E-state index in [9.17, 15) is 4.39 Å². The second-order valence-electron chi connectivity index (χ2n) is 5.53. The van der Waals surface area contributed by atoms with Gasteiger partial charge in [0.15, 0.2) is 0 Å². The van der Waals surface area contributed by atoms with E-state index in [0.717, 1.165) is 29.0 Å². The van der Waals surface area contributed by atoms with Crippen molar-refractivity contribution in [2.45, 2.75) is 33.4 Å². The molecule has 0 aliphatic rings. The van der Waals surface area contributed by atoms with Crippen LogP contribution in [-0.2, 0) is 6.54 Å². The topological polar surface area (TPSA) is 21.3 Å². The highest BCUT2D eigenvalue weighted by Gasteiger charge is 2.09.